The van der Waals surface area contributed by atoms with Crippen molar-refractivity contribution in [2.45, 2.75) is 290 Å². The molecule has 1 N–H and O–H groups in total. The van der Waals surface area contributed by atoms with Crippen LogP contribution in [0.25, 0.3) is 0 Å². The number of Topliss-reactive ketones (excluding diaryl/α,β-unsaturated/α-hetero) is 1. The summed E-state index contributed by atoms with van der Waals surface area (Å²) in [7, 11) is 0. The summed E-state index contributed by atoms with van der Waals surface area (Å²) >= 11 is 0. The maximum atomic E-state index is 13.3. The molecule has 0 aromatic rings. The molecule has 368 valence electrons. The first kappa shape index (κ1) is 60.8. The quantitative estimate of drug-likeness (QED) is 0.0372. The number of carbonyl (C=O) groups is 3. The molecule has 0 amide bonds. The summed E-state index contributed by atoms with van der Waals surface area (Å²) in [5, 5.41) is 10.2. The van der Waals surface area contributed by atoms with E-state index < -0.39 is 6.10 Å². The molecule has 0 rings (SSSR count). The fourth-order valence-electron chi connectivity index (χ4n) is 8.12. The highest BCUT2D eigenvalue weighted by atomic mass is 16.6. The predicted molar refractivity (Wildman–Crippen MR) is 270 cm³/mol. The van der Waals surface area contributed by atoms with E-state index in [9.17, 15) is 19.5 Å². The van der Waals surface area contributed by atoms with E-state index in [0.717, 1.165) is 77.0 Å². The molecular formula is C57H104O6. The number of allylic oxidation sites excluding steroid dienone is 6. The van der Waals surface area contributed by atoms with Gasteiger partial charge in [-0.1, -0.05) is 211 Å². The molecule has 2 unspecified atom stereocenters. The molecule has 0 aliphatic rings. The van der Waals surface area contributed by atoms with Crippen LogP contribution in [0.3, 0.4) is 0 Å². The van der Waals surface area contributed by atoms with E-state index in [4.69, 9.17) is 9.47 Å². The lowest BCUT2D eigenvalue weighted by atomic mass is 9.92. The Hall–Kier alpha value is -2.21. The lowest BCUT2D eigenvalue weighted by Gasteiger charge is -2.13. The van der Waals surface area contributed by atoms with Gasteiger partial charge in [-0.2, -0.15) is 0 Å². The van der Waals surface area contributed by atoms with E-state index >= 15 is 0 Å². The third kappa shape index (κ3) is 47.6. The van der Waals surface area contributed by atoms with Crippen LogP contribution in [0.2, 0.25) is 0 Å². The van der Waals surface area contributed by atoms with Gasteiger partial charge in [-0.15, -0.1) is 0 Å². The van der Waals surface area contributed by atoms with Gasteiger partial charge in [0.1, 0.15) is 25.1 Å². The van der Waals surface area contributed by atoms with Gasteiger partial charge in [-0.3, -0.25) is 14.4 Å². The van der Waals surface area contributed by atoms with Crippen LogP contribution in [-0.4, -0.2) is 42.1 Å². The van der Waals surface area contributed by atoms with Crippen LogP contribution in [-0.2, 0) is 23.9 Å². The van der Waals surface area contributed by atoms with Gasteiger partial charge in [-0.05, 0) is 89.9 Å². The summed E-state index contributed by atoms with van der Waals surface area (Å²) in [5.41, 5.74) is 0. The van der Waals surface area contributed by atoms with E-state index in [1.165, 1.54) is 167 Å². The predicted octanol–water partition coefficient (Wildman–Crippen LogP) is 17.3. The molecular weight excluding hydrogens is 781 g/mol. The zero-order valence-electron chi connectivity index (χ0n) is 42.0. The second-order valence-corrected chi connectivity index (χ2v) is 18.7. The van der Waals surface area contributed by atoms with E-state index in [1.807, 2.05) is 0 Å². The topological polar surface area (TPSA) is 89.9 Å². The molecule has 0 bridgehead atoms. The summed E-state index contributed by atoms with van der Waals surface area (Å²) in [6.07, 6.45) is 59.5. The molecule has 6 nitrogen and oxygen atoms in total. The number of hydrogen-bond donors (Lipinski definition) is 1. The van der Waals surface area contributed by atoms with Crippen molar-refractivity contribution in [2.24, 2.45) is 5.92 Å². The molecule has 0 spiro atoms. The van der Waals surface area contributed by atoms with Crippen molar-refractivity contribution in [3.05, 3.63) is 36.5 Å². The molecule has 0 aliphatic carbocycles. The van der Waals surface area contributed by atoms with Gasteiger partial charge in [0.25, 0.3) is 0 Å². The van der Waals surface area contributed by atoms with Crippen LogP contribution < -0.4 is 0 Å². The van der Waals surface area contributed by atoms with Gasteiger partial charge in [0.05, 0.1) is 0 Å². The van der Waals surface area contributed by atoms with Crippen molar-refractivity contribution < 1.29 is 29.0 Å². The Morgan fingerprint density at radius 2 is 0.683 bits per heavy atom. The minimum Gasteiger partial charge on any atom is -0.463 e. The third-order valence-corrected chi connectivity index (χ3v) is 12.4. The Morgan fingerprint density at radius 1 is 0.381 bits per heavy atom. The molecule has 0 fully saturated rings. The largest absolute Gasteiger partial charge is 0.463 e. The highest BCUT2D eigenvalue weighted by molar-refractivity contribution is 5.82. The van der Waals surface area contributed by atoms with Crippen LogP contribution in [0.5, 0.6) is 0 Å². The monoisotopic (exact) mass is 885 g/mol. The molecule has 0 heterocycles. The summed E-state index contributed by atoms with van der Waals surface area (Å²) in [5.74, 6) is -0.246. The first-order valence-corrected chi connectivity index (χ1v) is 27.4. The standard InChI is InChI=1S/C57H104O6/c1-4-7-10-13-16-19-21-23-25-27-29-31-34-37-43-48-55(59)53(46-41-36-33-18-15-12-9-6-3)47-42-39-40-45-50-57(61)63-52-54(58)51-62-56(60)49-44-38-35-32-30-28-26-24-22-20-17-14-11-8-5-2/h23-26,41,46,53-54,58H,4-22,27-40,42-45,47-52H2,1-3H3. The Kier molecular flexibility index (Phi) is 49.0. The van der Waals surface area contributed by atoms with Gasteiger partial charge in [0, 0.05) is 25.2 Å². The summed E-state index contributed by atoms with van der Waals surface area (Å²) in [6, 6.07) is 0. The zero-order valence-corrected chi connectivity index (χ0v) is 42.0. The number of hydrogen-bond acceptors (Lipinski definition) is 6. The number of aliphatic hydroxyl groups is 1. The lowest BCUT2D eigenvalue weighted by molar-refractivity contribution is -0.152. The first-order chi connectivity index (χ1) is 30.9. The van der Waals surface area contributed by atoms with Crippen molar-refractivity contribution in [2.75, 3.05) is 13.2 Å². The third-order valence-electron chi connectivity index (χ3n) is 12.4. The first-order valence-electron chi connectivity index (χ1n) is 27.4. The van der Waals surface area contributed by atoms with Crippen LogP contribution in [0.1, 0.15) is 284 Å². The number of ketones is 1. The Bertz CT molecular complexity index is 1080. The lowest BCUT2D eigenvalue weighted by Crippen LogP contribution is -2.25. The maximum absolute atomic E-state index is 13.3. The number of rotatable bonds is 50. The molecule has 2 atom stereocenters. The Morgan fingerprint density at radius 3 is 1.06 bits per heavy atom. The zero-order chi connectivity index (χ0) is 45.9. The van der Waals surface area contributed by atoms with Crippen LogP contribution in [0.15, 0.2) is 36.5 Å². The Labute approximate surface area is 391 Å². The van der Waals surface area contributed by atoms with Gasteiger partial charge in [0.2, 0.25) is 0 Å². The van der Waals surface area contributed by atoms with Gasteiger partial charge in [-0.25, -0.2) is 0 Å². The number of aliphatic hydroxyl groups excluding tert-OH is 1. The number of ether oxygens (including phenoxy) is 2. The fraction of sp³-hybridized carbons (Fsp3) is 0.842. The molecule has 0 aromatic carbocycles. The second-order valence-electron chi connectivity index (χ2n) is 18.7. The van der Waals surface area contributed by atoms with Crippen molar-refractivity contribution in [1.29, 1.82) is 0 Å². The van der Waals surface area contributed by atoms with E-state index in [2.05, 4.69) is 57.2 Å². The summed E-state index contributed by atoms with van der Waals surface area (Å²) < 4.78 is 10.5. The van der Waals surface area contributed by atoms with E-state index in [0.29, 0.717) is 25.0 Å². The van der Waals surface area contributed by atoms with Gasteiger partial charge >= 0.3 is 11.9 Å². The van der Waals surface area contributed by atoms with E-state index in [-0.39, 0.29) is 31.1 Å². The molecule has 0 radical (unpaired) electrons. The summed E-state index contributed by atoms with van der Waals surface area (Å²) in [6.45, 7) is 6.47. The molecule has 0 saturated carbocycles. The average molecular weight is 885 g/mol. The molecule has 0 aromatic heterocycles. The highest BCUT2D eigenvalue weighted by Gasteiger charge is 2.15. The second kappa shape index (κ2) is 50.8. The molecule has 0 saturated heterocycles. The normalized spacial score (nSPS) is 12.8. The van der Waals surface area contributed by atoms with Gasteiger partial charge < -0.3 is 14.6 Å². The minimum atomic E-state index is -1.01. The van der Waals surface area contributed by atoms with Crippen LogP contribution >= 0.6 is 0 Å². The highest BCUT2D eigenvalue weighted by Crippen LogP contribution is 2.20. The molecule has 63 heavy (non-hydrogen) atoms. The van der Waals surface area contributed by atoms with Gasteiger partial charge in [0.15, 0.2) is 0 Å². The average Bonchev–Trinajstić information content (AvgIpc) is 3.28. The summed E-state index contributed by atoms with van der Waals surface area (Å²) in [4.78, 5) is 37.7. The van der Waals surface area contributed by atoms with Crippen LogP contribution in [0, 0.1) is 5.92 Å². The van der Waals surface area contributed by atoms with Crippen molar-refractivity contribution in [3.63, 3.8) is 0 Å². The van der Waals surface area contributed by atoms with Crippen molar-refractivity contribution in [1.82, 2.24) is 0 Å². The fourth-order valence-corrected chi connectivity index (χ4v) is 8.12. The van der Waals surface area contributed by atoms with Crippen LogP contribution in [0.4, 0.5) is 0 Å². The maximum Gasteiger partial charge on any atom is 0.305 e. The smallest absolute Gasteiger partial charge is 0.305 e. The van der Waals surface area contributed by atoms with E-state index in [1.54, 1.807) is 0 Å². The molecule has 0 aliphatic heterocycles. The van der Waals surface area contributed by atoms with Crippen molar-refractivity contribution >= 4 is 17.7 Å². The minimum absolute atomic E-state index is 0.00403. The number of unbranched alkanes of at least 4 members (excludes halogenated alkanes) is 31. The SMILES string of the molecule is CCCCCCCCC=CCCCCCCCC(=O)OCC(O)COC(=O)CCCCCCC(C=CCCCCCCCC)C(=O)CCCCCCCC=CCCCCCCCC. The molecule has 6 heteroatoms. The van der Waals surface area contributed by atoms with Crippen molar-refractivity contribution in [3.8, 4) is 0 Å². The number of esters is 2. The number of carbonyl (C=O) groups excluding carboxylic acids is 3. The Balaban J connectivity index is 4.13.